The molecule has 0 unspecified atom stereocenters. The minimum atomic E-state index is -0.634. The zero-order valence-corrected chi connectivity index (χ0v) is 16.8. The number of rotatable bonds is 10. The third-order valence-electron chi connectivity index (χ3n) is 4.00. The molecule has 0 saturated heterocycles. The molecule has 0 bridgehead atoms. The number of methoxy groups -OCH3 is 1. The predicted molar refractivity (Wildman–Crippen MR) is 109 cm³/mol. The Balaban J connectivity index is 1.95. The molecular formula is C22H25NO6. The molecule has 0 aromatic heterocycles. The van der Waals surface area contributed by atoms with Gasteiger partial charge in [0.25, 0.3) is 0 Å². The molecule has 2 rings (SSSR count). The van der Waals surface area contributed by atoms with Crippen LogP contribution in [0.1, 0.15) is 47.4 Å². The maximum Gasteiger partial charge on any atom is 0.338 e. The van der Waals surface area contributed by atoms with Gasteiger partial charge in [-0.1, -0.05) is 6.92 Å². The molecule has 154 valence electrons. The number of anilines is 1. The van der Waals surface area contributed by atoms with E-state index in [0.717, 1.165) is 6.42 Å². The summed E-state index contributed by atoms with van der Waals surface area (Å²) in [7, 11) is 1.51. The molecule has 0 atom stereocenters. The second kappa shape index (κ2) is 10.8. The van der Waals surface area contributed by atoms with Crippen LogP contribution in [0.2, 0.25) is 0 Å². The van der Waals surface area contributed by atoms with Crippen LogP contribution in [0.3, 0.4) is 0 Å². The van der Waals surface area contributed by atoms with Crippen LogP contribution in [-0.2, 0) is 9.53 Å². The van der Waals surface area contributed by atoms with Crippen LogP contribution in [0.25, 0.3) is 0 Å². The highest BCUT2D eigenvalue weighted by atomic mass is 16.5. The topological polar surface area (TPSA) is 90.9 Å². The van der Waals surface area contributed by atoms with Crippen molar-refractivity contribution in [2.45, 2.75) is 26.7 Å². The van der Waals surface area contributed by atoms with Gasteiger partial charge in [-0.05, 0) is 55.8 Å². The van der Waals surface area contributed by atoms with E-state index in [1.807, 2.05) is 13.8 Å². The van der Waals surface area contributed by atoms with E-state index >= 15 is 0 Å². The number of nitrogens with one attached hydrogen (secondary N) is 1. The van der Waals surface area contributed by atoms with E-state index in [2.05, 4.69) is 5.32 Å². The number of carbonyl (C=O) groups excluding carboxylic acids is 3. The molecular weight excluding hydrogens is 374 g/mol. The fraction of sp³-hybridized carbons (Fsp3) is 0.318. The summed E-state index contributed by atoms with van der Waals surface area (Å²) in [5.74, 6) is -0.123. The lowest BCUT2D eigenvalue weighted by molar-refractivity contribution is -0.116. The van der Waals surface area contributed by atoms with E-state index < -0.39 is 12.6 Å². The molecule has 0 heterocycles. The van der Waals surface area contributed by atoms with Crippen molar-refractivity contribution in [3.05, 3.63) is 53.6 Å². The average molecular weight is 399 g/mol. The molecule has 0 fully saturated rings. The van der Waals surface area contributed by atoms with E-state index in [9.17, 15) is 14.4 Å². The Labute approximate surface area is 170 Å². The highest BCUT2D eigenvalue weighted by Crippen LogP contribution is 2.28. The van der Waals surface area contributed by atoms with Crippen molar-refractivity contribution in [2.75, 3.05) is 25.6 Å². The number of ether oxygens (including phenoxy) is 3. The van der Waals surface area contributed by atoms with Crippen LogP contribution < -0.4 is 14.8 Å². The summed E-state index contributed by atoms with van der Waals surface area (Å²) in [6, 6.07) is 11.1. The minimum absolute atomic E-state index is 0.0774. The Morgan fingerprint density at radius 3 is 2.24 bits per heavy atom. The monoisotopic (exact) mass is 399 g/mol. The Bertz CT molecular complexity index is 860. The summed E-state index contributed by atoms with van der Waals surface area (Å²) in [6.45, 7) is 3.77. The van der Waals surface area contributed by atoms with Crippen molar-refractivity contribution in [3.63, 3.8) is 0 Å². The molecule has 7 heteroatoms. The Morgan fingerprint density at radius 1 is 0.931 bits per heavy atom. The Hall–Kier alpha value is -3.35. The molecule has 1 N–H and O–H groups in total. The molecule has 2 aromatic carbocycles. The molecule has 0 aliphatic heterocycles. The maximum absolute atomic E-state index is 12.3. The van der Waals surface area contributed by atoms with E-state index in [0.29, 0.717) is 35.8 Å². The summed E-state index contributed by atoms with van der Waals surface area (Å²) in [4.78, 5) is 36.1. The highest BCUT2D eigenvalue weighted by molar-refractivity contribution is 6.00. The fourth-order valence-corrected chi connectivity index (χ4v) is 2.56. The molecule has 0 aliphatic carbocycles. The first kappa shape index (κ1) is 21.9. The van der Waals surface area contributed by atoms with Crippen LogP contribution >= 0.6 is 0 Å². The minimum Gasteiger partial charge on any atom is -0.493 e. The van der Waals surface area contributed by atoms with Crippen LogP contribution in [0.5, 0.6) is 11.5 Å². The summed E-state index contributed by atoms with van der Waals surface area (Å²) in [5, 5.41) is 2.75. The van der Waals surface area contributed by atoms with Crippen molar-refractivity contribution in [1.29, 1.82) is 0 Å². The first-order chi connectivity index (χ1) is 14.0. The lowest BCUT2D eigenvalue weighted by atomic mass is 10.1. The quantitative estimate of drug-likeness (QED) is 0.482. The fourth-order valence-electron chi connectivity index (χ4n) is 2.56. The number of Topliss-reactive ketones (excluding diaryl/α,β-unsaturated/α-hetero) is 1. The molecule has 29 heavy (non-hydrogen) atoms. The van der Waals surface area contributed by atoms with Gasteiger partial charge in [0.1, 0.15) is 0 Å². The predicted octanol–water partition coefficient (Wildman–Crippen LogP) is 3.87. The van der Waals surface area contributed by atoms with E-state index in [4.69, 9.17) is 14.2 Å². The standard InChI is InChI=1S/C22H25NO6/c1-4-6-21(25)23-17-10-7-15(8-11-17)18(24)14-29-22(26)16-9-12-19(27-3)20(13-16)28-5-2/h7-13H,4-6,14H2,1-3H3,(H,23,25). The molecule has 1 amide bonds. The number of esters is 1. The van der Waals surface area contributed by atoms with Gasteiger partial charge in [0.05, 0.1) is 19.3 Å². The van der Waals surface area contributed by atoms with Gasteiger partial charge in [0.2, 0.25) is 5.91 Å². The normalized spacial score (nSPS) is 10.2. The number of amides is 1. The van der Waals surface area contributed by atoms with E-state index in [1.54, 1.807) is 36.4 Å². The second-order valence-corrected chi connectivity index (χ2v) is 6.17. The van der Waals surface area contributed by atoms with Gasteiger partial charge in [-0.15, -0.1) is 0 Å². The van der Waals surface area contributed by atoms with Crippen LogP contribution in [0, 0.1) is 0 Å². The van der Waals surface area contributed by atoms with E-state index in [-0.39, 0.29) is 17.3 Å². The lowest BCUT2D eigenvalue weighted by Crippen LogP contribution is -2.15. The van der Waals surface area contributed by atoms with Crippen molar-refractivity contribution < 1.29 is 28.6 Å². The molecule has 0 radical (unpaired) electrons. The van der Waals surface area contributed by atoms with Gasteiger partial charge in [0.15, 0.2) is 23.9 Å². The Kier molecular flexibility index (Phi) is 8.21. The van der Waals surface area contributed by atoms with Gasteiger partial charge in [-0.3, -0.25) is 9.59 Å². The van der Waals surface area contributed by atoms with Crippen LogP contribution in [-0.4, -0.2) is 38.0 Å². The van der Waals surface area contributed by atoms with Crippen molar-refractivity contribution in [2.24, 2.45) is 0 Å². The zero-order valence-electron chi connectivity index (χ0n) is 16.8. The largest absolute Gasteiger partial charge is 0.493 e. The van der Waals surface area contributed by atoms with Gasteiger partial charge in [-0.2, -0.15) is 0 Å². The number of ketones is 1. The maximum atomic E-state index is 12.3. The van der Waals surface area contributed by atoms with Crippen molar-refractivity contribution in [3.8, 4) is 11.5 Å². The molecule has 2 aromatic rings. The summed E-state index contributed by atoms with van der Waals surface area (Å²) in [6.07, 6.45) is 1.20. The number of carbonyl (C=O) groups is 3. The third kappa shape index (κ3) is 6.34. The average Bonchev–Trinajstić information content (AvgIpc) is 2.72. The van der Waals surface area contributed by atoms with Gasteiger partial charge in [-0.25, -0.2) is 4.79 Å². The number of hydrogen-bond donors (Lipinski definition) is 1. The van der Waals surface area contributed by atoms with E-state index in [1.165, 1.54) is 13.2 Å². The summed E-state index contributed by atoms with van der Waals surface area (Å²) < 4.78 is 15.7. The van der Waals surface area contributed by atoms with Gasteiger partial charge < -0.3 is 19.5 Å². The molecule has 0 aliphatic rings. The van der Waals surface area contributed by atoms with Crippen molar-refractivity contribution in [1.82, 2.24) is 0 Å². The zero-order chi connectivity index (χ0) is 21.2. The summed E-state index contributed by atoms with van der Waals surface area (Å²) in [5.41, 5.74) is 1.26. The smallest absolute Gasteiger partial charge is 0.338 e. The first-order valence-corrected chi connectivity index (χ1v) is 9.39. The van der Waals surface area contributed by atoms with Crippen LogP contribution in [0.15, 0.2) is 42.5 Å². The lowest BCUT2D eigenvalue weighted by Gasteiger charge is -2.11. The molecule has 0 spiro atoms. The highest BCUT2D eigenvalue weighted by Gasteiger charge is 2.15. The van der Waals surface area contributed by atoms with Crippen LogP contribution in [0.4, 0.5) is 5.69 Å². The second-order valence-electron chi connectivity index (χ2n) is 6.17. The number of hydrogen-bond acceptors (Lipinski definition) is 6. The molecule has 7 nitrogen and oxygen atoms in total. The van der Waals surface area contributed by atoms with Gasteiger partial charge >= 0.3 is 5.97 Å². The SMILES string of the molecule is CCCC(=O)Nc1ccc(C(=O)COC(=O)c2ccc(OC)c(OCC)c2)cc1. The van der Waals surface area contributed by atoms with Gasteiger partial charge in [0, 0.05) is 17.7 Å². The third-order valence-corrected chi connectivity index (χ3v) is 4.00. The Morgan fingerprint density at radius 2 is 1.62 bits per heavy atom. The van der Waals surface area contributed by atoms with Crippen molar-refractivity contribution >= 4 is 23.3 Å². The number of benzene rings is 2. The summed E-state index contributed by atoms with van der Waals surface area (Å²) >= 11 is 0. The molecule has 0 saturated carbocycles. The first-order valence-electron chi connectivity index (χ1n) is 9.39.